The third-order valence-corrected chi connectivity index (χ3v) is 6.95. The molecule has 1 aliphatic carbocycles. The van der Waals surface area contributed by atoms with Crippen molar-refractivity contribution in [3.63, 3.8) is 0 Å². The predicted molar refractivity (Wildman–Crippen MR) is 138 cm³/mol. The number of dihydropyridines is 1. The van der Waals surface area contributed by atoms with Crippen LogP contribution in [0.3, 0.4) is 0 Å². The first kappa shape index (κ1) is 24.2. The molecule has 0 saturated heterocycles. The van der Waals surface area contributed by atoms with Crippen LogP contribution in [0.5, 0.6) is 0 Å². The minimum atomic E-state index is -0.761. The van der Waals surface area contributed by atoms with Gasteiger partial charge in [-0.1, -0.05) is 72.8 Å². The van der Waals surface area contributed by atoms with E-state index in [1.165, 1.54) is 12.1 Å². The fourth-order valence-corrected chi connectivity index (χ4v) is 5.22. The molecule has 3 aromatic rings. The van der Waals surface area contributed by atoms with E-state index in [4.69, 9.17) is 4.74 Å². The predicted octanol–water partition coefficient (Wildman–Crippen LogP) is 5.70. The number of rotatable bonds is 6. The highest BCUT2D eigenvalue weighted by molar-refractivity contribution is 6.04. The van der Waals surface area contributed by atoms with Gasteiger partial charge in [0.05, 0.1) is 10.5 Å². The van der Waals surface area contributed by atoms with Crippen LogP contribution in [-0.4, -0.2) is 16.7 Å². The van der Waals surface area contributed by atoms with E-state index in [0.29, 0.717) is 35.2 Å². The Morgan fingerprint density at radius 3 is 2.35 bits per heavy atom. The van der Waals surface area contributed by atoms with Crippen LogP contribution in [0.25, 0.3) is 0 Å². The number of allylic oxidation sites excluding steroid dienone is 3. The van der Waals surface area contributed by atoms with Crippen molar-refractivity contribution >= 4 is 17.4 Å². The maximum Gasteiger partial charge on any atom is 0.337 e. The highest BCUT2D eigenvalue weighted by atomic mass is 16.6. The van der Waals surface area contributed by atoms with Crippen molar-refractivity contribution in [1.82, 2.24) is 5.32 Å². The Morgan fingerprint density at radius 2 is 1.65 bits per heavy atom. The number of non-ortho nitro benzene ring substituents is 1. The molecule has 3 aromatic carbocycles. The third kappa shape index (κ3) is 4.93. The SMILES string of the molecule is CC1=C(C(=O)OCc2ccccc2)C(c2cccc([N+](=O)[O-])c2)C2=C(CC(c3ccccc3)CC2=O)N1. The molecule has 2 unspecified atom stereocenters. The summed E-state index contributed by atoms with van der Waals surface area (Å²) in [6, 6.07) is 25.4. The molecule has 7 nitrogen and oxygen atoms in total. The van der Waals surface area contributed by atoms with E-state index in [1.807, 2.05) is 60.7 Å². The molecule has 0 radical (unpaired) electrons. The van der Waals surface area contributed by atoms with Crippen LogP contribution in [0.1, 0.15) is 48.3 Å². The smallest absolute Gasteiger partial charge is 0.337 e. The lowest BCUT2D eigenvalue weighted by atomic mass is 9.71. The van der Waals surface area contributed by atoms with Gasteiger partial charge in [-0.15, -0.1) is 0 Å². The van der Waals surface area contributed by atoms with Gasteiger partial charge in [-0.2, -0.15) is 0 Å². The highest BCUT2D eigenvalue weighted by Crippen LogP contribution is 2.46. The molecule has 1 aliphatic heterocycles. The molecule has 1 heterocycles. The molecular weight excluding hydrogens is 468 g/mol. The summed E-state index contributed by atoms with van der Waals surface area (Å²) >= 11 is 0. The lowest BCUT2D eigenvalue weighted by molar-refractivity contribution is -0.384. The minimum absolute atomic E-state index is 0.00471. The van der Waals surface area contributed by atoms with E-state index >= 15 is 0 Å². The van der Waals surface area contributed by atoms with Crippen LogP contribution in [0.15, 0.2) is 107 Å². The van der Waals surface area contributed by atoms with Gasteiger partial charge < -0.3 is 10.1 Å². The molecular formula is C30H26N2O5. The molecule has 37 heavy (non-hydrogen) atoms. The van der Waals surface area contributed by atoms with Gasteiger partial charge in [0.1, 0.15) is 6.61 Å². The zero-order chi connectivity index (χ0) is 25.9. The quantitative estimate of drug-likeness (QED) is 0.268. The van der Waals surface area contributed by atoms with Crippen molar-refractivity contribution in [3.05, 3.63) is 134 Å². The van der Waals surface area contributed by atoms with Gasteiger partial charge in [0.2, 0.25) is 0 Å². The molecule has 0 spiro atoms. The van der Waals surface area contributed by atoms with Crippen molar-refractivity contribution in [2.24, 2.45) is 0 Å². The third-order valence-electron chi connectivity index (χ3n) is 6.95. The fraction of sp³-hybridized carbons (Fsp3) is 0.200. The van der Waals surface area contributed by atoms with Gasteiger partial charge in [-0.05, 0) is 36.0 Å². The van der Waals surface area contributed by atoms with Crippen LogP contribution in [0.4, 0.5) is 5.69 Å². The lowest BCUT2D eigenvalue weighted by Crippen LogP contribution is -2.36. The van der Waals surface area contributed by atoms with Gasteiger partial charge in [0, 0.05) is 41.4 Å². The Labute approximate surface area is 214 Å². The van der Waals surface area contributed by atoms with Crippen molar-refractivity contribution < 1.29 is 19.2 Å². The molecule has 2 aliphatic rings. The maximum atomic E-state index is 13.7. The molecule has 0 aromatic heterocycles. The van der Waals surface area contributed by atoms with Gasteiger partial charge in [0.25, 0.3) is 5.69 Å². The van der Waals surface area contributed by atoms with Crippen LogP contribution < -0.4 is 5.32 Å². The highest BCUT2D eigenvalue weighted by Gasteiger charge is 2.41. The standard InChI is InChI=1S/C30H26N2O5/c1-19-27(30(34)37-18-20-9-4-2-5-10-20)28(22-13-8-14-24(15-22)32(35)36)29-25(31-19)16-23(17-26(29)33)21-11-6-3-7-12-21/h2-15,23,28,31H,16-18H2,1H3. The second kappa shape index (κ2) is 10.2. The van der Waals surface area contributed by atoms with Crippen molar-refractivity contribution in [2.45, 2.75) is 38.2 Å². The summed E-state index contributed by atoms with van der Waals surface area (Å²) in [5, 5.41) is 14.9. The summed E-state index contributed by atoms with van der Waals surface area (Å²) in [6.45, 7) is 1.86. The number of nitro groups is 1. The van der Waals surface area contributed by atoms with Gasteiger partial charge >= 0.3 is 5.97 Å². The van der Waals surface area contributed by atoms with Gasteiger partial charge in [0.15, 0.2) is 5.78 Å². The largest absolute Gasteiger partial charge is 0.457 e. The first-order chi connectivity index (χ1) is 17.9. The van der Waals surface area contributed by atoms with Crippen molar-refractivity contribution in [2.75, 3.05) is 0 Å². The minimum Gasteiger partial charge on any atom is -0.457 e. The van der Waals surface area contributed by atoms with Crippen LogP contribution >= 0.6 is 0 Å². The van der Waals surface area contributed by atoms with E-state index < -0.39 is 16.8 Å². The number of nitrogens with zero attached hydrogens (tertiary/aromatic N) is 1. The number of hydrogen-bond acceptors (Lipinski definition) is 6. The molecule has 2 atom stereocenters. The molecule has 0 fully saturated rings. The Balaban J connectivity index is 1.55. The summed E-state index contributed by atoms with van der Waals surface area (Å²) in [4.78, 5) is 38.2. The molecule has 0 bridgehead atoms. The Hall–Kier alpha value is -4.52. The number of nitrogens with one attached hydrogen (secondary N) is 1. The Bertz CT molecular complexity index is 1430. The first-order valence-electron chi connectivity index (χ1n) is 12.2. The van der Waals surface area contributed by atoms with Gasteiger partial charge in [-0.3, -0.25) is 14.9 Å². The second-order valence-corrected chi connectivity index (χ2v) is 9.34. The number of hydrogen-bond donors (Lipinski definition) is 1. The average molecular weight is 495 g/mol. The molecule has 7 heteroatoms. The molecule has 0 amide bonds. The van der Waals surface area contributed by atoms with E-state index in [1.54, 1.807) is 19.1 Å². The first-order valence-corrected chi connectivity index (χ1v) is 12.2. The summed E-state index contributed by atoms with van der Waals surface area (Å²) in [5.74, 6) is -1.40. The number of ketones is 1. The summed E-state index contributed by atoms with van der Waals surface area (Å²) in [5.41, 5.74) is 4.43. The normalized spacial score (nSPS) is 19.2. The molecule has 1 N–H and O–H groups in total. The zero-order valence-corrected chi connectivity index (χ0v) is 20.3. The van der Waals surface area contributed by atoms with Crippen LogP contribution in [-0.2, 0) is 20.9 Å². The number of carbonyl (C=O) groups is 2. The van der Waals surface area contributed by atoms with E-state index in [9.17, 15) is 19.7 Å². The molecule has 186 valence electrons. The Morgan fingerprint density at radius 1 is 0.973 bits per heavy atom. The van der Waals surface area contributed by atoms with E-state index in [0.717, 1.165) is 16.8 Å². The van der Waals surface area contributed by atoms with E-state index in [-0.39, 0.29) is 24.0 Å². The number of ether oxygens (including phenoxy) is 1. The lowest BCUT2D eigenvalue weighted by Gasteiger charge is -2.36. The molecule has 0 saturated carbocycles. The monoisotopic (exact) mass is 494 g/mol. The van der Waals surface area contributed by atoms with Crippen LogP contribution in [0, 0.1) is 10.1 Å². The average Bonchev–Trinajstić information content (AvgIpc) is 2.92. The summed E-state index contributed by atoms with van der Waals surface area (Å²) in [7, 11) is 0. The summed E-state index contributed by atoms with van der Waals surface area (Å²) in [6.07, 6.45) is 0.890. The fourth-order valence-electron chi connectivity index (χ4n) is 5.22. The number of carbonyl (C=O) groups excluding carboxylic acids is 2. The number of nitro benzene ring substituents is 1. The topological polar surface area (TPSA) is 98.5 Å². The summed E-state index contributed by atoms with van der Waals surface area (Å²) < 4.78 is 5.67. The van der Waals surface area contributed by atoms with Crippen LogP contribution in [0.2, 0.25) is 0 Å². The number of benzene rings is 3. The maximum absolute atomic E-state index is 13.7. The van der Waals surface area contributed by atoms with Crippen molar-refractivity contribution in [3.8, 4) is 0 Å². The Kier molecular flexibility index (Phi) is 6.68. The van der Waals surface area contributed by atoms with E-state index in [2.05, 4.69) is 5.32 Å². The number of Topliss-reactive ketones (excluding diaryl/α,β-unsaturated/α-hetero) is 1. The van der Waals surface area contributed by atoms with Gasteiger partial charge in [-0.25, -0.2) is 4.79 Å². The zero-order valence-electron chi connectivity index (χ0n) is 20.3. The number of esters is 1. The second-order valence-electron chi connectivity index (χ2n) is 9.34. The van der Waals surface area contributed by atoms with Crippen molar-refractivity contribution in [1.29, 1.82) is 0 Å². The molecule has 5 rings (SSSR count).